The summed E-state index contributed by atoms with van der Waals surface area (Å²) in [6, 6.07) is 0. The fourth-order valence-corrected chi connectivity index (χ4v) is 4.02. The summed E-state index contributed by atoms with van der Waals surface area (Å²) in [6.07, 6.45) is 7.13. The summed E-state index contributed by atoms with van der Waals surface area (Å²) in [6.45, 7) is 5.47. The number of hydrogen-bond acceptors (Lipinski definition) is 3. The maximum Gasteiger partial charge on any atom is 0.226 e. The smallest absolute Gasteiger partial charge is 0.226 e. The fourth-order valence-electron chi connectivity index (χ4n) is 4.02. The average molecular weight is 344 g/mol. The molecule has 0 aromatic carbocycles. The fraction of sp³-hybridized carbons (Fsp3) is 0.882. The van der Waals surface area contributed by atoms with Crippen LogP contribution in [0.3, 0.4) is 0 Å². The van der Waals surface area contributed by atoms with Gasteiger partial charge in [0.25, 0.3) is 0 Å². The molecule has 0 aromatic heterocycles. The molecule has 1 atom stereocenters. The monoisotopic (exact) mass is 343 g/mol. The van der Waals surface area contributed by atoms with Gasteiger partial charge in [0.1, 0.15) is 0 Å². The van der Waals surface area contributed by atoms with E-state index in [1.807, 2.05) is 9.80 Å². The van der Waals surface area contributed by atoms with Gasteiger partial charge >= 0.3 is 0 Å². The summed E-state index contributed by atoms with van der Waals surface area (Å²) in [5, 5.41) is 3.32. The minimum Gasteiger partial charge on any atom is -0.343 e. The second-order valence-corrected chi connectivity index (χ2v) is 7.10. The van der Waals surface area contributed by atoms with Crippen molar-refractivity contribution in [3.8, 4) is 0 Å². The Morgan fingerprint density at radius 1 is 0.913 bits per heavy atom. The van der Waals surface area contributed by atoms with Gasteiger partial charge in [-0.15, -0.1) is 12.4 Å². The highest BCUT2D eigenvalue weighted by Gasteiger charge is 2.30. The Kier molecular flexibility index (Phi) is 7.15. The largest absolute Gasteiger partial charge is 0.343 e. The zero-order chi connectivity index (χ0) is 15.4. The maximum atomic E-state index is 12.5. The van der Waals surface area contributed by atoms with Gasteiger partial charge in [-0.25, -0.2) is 0 Å². The first-order valence-corrected chi connectivity index (χ1v) is 9.01. The number of halogens is 1. The molecule has 3 aliphatic heterocycles. The number of carbonyl (C=O) groups is 2. The molecule has 2 amide bonds. The highest BCUT2D eigenvalue weighted by atomic mass is 35.5. The Labute approximate surface area is 145 Å². The van der Waals surface area contributed by atoms with Crippen molar-refractivity contribution in [2.24, 2.45) is 11.8 Å². The molecule has 3 rings (SSSR count). The first-order valence-electron chi connectivity index (χ1n) is 9.01. The molecule has 5 nitrogen and oxygen atoms in total. The molecule has 3 aliphatic rings. The van der Waals surface area contributed by atoms with Crippen LogP contribution in [0.4, 0.5) is 0 Å². The summed E-state index contributed by atoms with van der Waals surface area (Å²) in [5.74, 6) is 1.31. The minimum atomic E-state index is 0. The standard InChI is InChI=1S/C17H29N3O2.ClH/c21-16(19-8-1-2-9-19)12-14-5-10-20(11-6-14)17(22)15-4-3-7-18-13-15;/h14-15,18H,1-13H2;1H. The minimum absolute atomic E-state index is 0. The van der Waals surface area contributed by atoms with E-state index in [0.29, 0.717) is 24.2 Å². The molecule has 132 valence electrons. The lowest BCUT2D eigenvalue weighted by Gasteiger charge is -2.35. The number of carbonyl (C=O) groups excluding carboxylic acids is 2. The van der Waals surface area contributed by atoms with Crippen molar-refractivity contribution in [1.29, 1.82) is 0 Å². The first kappa shape index (κ1) is 18.5. The van der Waals surface area contributed by atoms with E-state index in [1.165, 1.54) is 0 Å². The molecule has 3 fully saturated rings. The highest BCUT2D eigenvalue weighted by Crippen LogP contribution is 2.24. The van der Waals surface area contributed by atoms with Crippen LogP contribution in [0.5, 0.6) is 0 Å². The van der Waals surface area contributed by atoms with Crippen LogP contribution in [0, 0.1) is 11.8 Å². The second kappa shape index (κ2) is 8.88. The molecule has 3 heterocycles. The van der Waals surface area contributed by atoms with Crippen molar-refractivity contribution >= 4 is 24.2 Å². The predicted octanol–water partition coefficient (Wildman–Crippen LogP) is 1.66. The van der Waals surface area contributed by atoms with Crippen LogP contribution in [0.15, 0.2) is 0 Å². The van der Waals surface area contributed by atoms with E-state index in [0.717, 1.165) is 77.8 Å². The van der Waals surface area contributed by atoms with E-state index in [1.54, 1.807) is 0 Å². The lowest BCUT2D eigenvalue weighted by Crippen LogP contribution is -2.46. The van der Waals surface area contributed by atoms with Crippen molar-refractivity contribution in [2.75, 3.05) is 39.3 Å². The molecule has 0 bridgehead atoms. The zero-order valence-corrected chi connectivity index (χ0v) is 14.8. The topological polar surface area (TPSA) is 52.7 Å². The van der Waals surface area contributed by atoms with Gasteiger partial charge < -0.3 is 15.1 Å². The number of piperidine rings is 2. The summed E-state index contributed by atoms with van der Waals surface area (Å²) < 4.78 is 0. The predicted molar refractivity (Wildman–Crippen MR) is 92.6 cm³/mol. The number of nitrogens with zero attached hydrogens (tertiary/aromatic N) is 2. The molecule has 0 radical (unpaired) electrons. The lowest BCUT2D eigenvalue weighted by atomic mass is 9.91. The number of nitrogens with one attached hydrogen (secondary N) is 1. The molecular formula is C17H30ClN3O2. The van der Waals surface area contributed by atoms with Gasteiger partial charge in [0.15, 0.2) is 0 Å². The van der Waals surface area contributed by atoms with Crippen LogP contribution in [0.25, 0.3) is 0 Å². The Morgan fingerprint density at radius 2 is 1.61 bits per heavy atom. The van der Waals surface area contributed by atoms with Crippen molar-refractivity contribution in [3.63, 3.8) is 0 Å². The third-order valence-electron chi connectivity index (χ3n) is 5.49. The van der Waals surface area contributed by atoms with Crippen LogP contribution >= 0.6 is 12.4 Å². The summed E-state index contributed by atoms with van der Waals surface area (Å²) >= 11 is 0. The van der Waals surface area contributed by atoms with E-state index in [9.17, 15) is 9.59 Å². The summed E-state index contributed by atoms with van der Waals surface area (Å²) in [7, 11) is 0. The van der Waals surface area contributed by atoms with Crippen LogP contribution < -0.4 is 5.32 Å². The molecule has 0 saturated carbocycles. The van der Waals surface area contributed by atoms with Crippen LogP contribution in [0.2, 0.25) is 0 Å². The van der Waals surface area contributed by atoms with Crippen LogP contribution in [0.1, 0.15) is 44.9 Å². The summed E-state index contributed by atoms with van der Waals surface area (Å²) in [5.41, 5.74) is 0. The maximum absolute atomic E-state index is 12.5. The third kappa shape index (κ3) is 4.83. The van der Waals surface area contributed by atoms with Gasteiger partial charge in [0.2, 0.25) is 11.8 Å². The van der Waals surface area contributed by atoms with Gasteiger partial charge in [-0.1, -0.05) is 0 Å². The molecule has 0 spiro atoms. The van der Waals surface area contributed by atoms with E-state index < -0.39 is 0 Å². The van der Waals surface area contributed by atoms with Crippen molar-refractivity contribution in [2.45, 2.75) is 44.9 Å². The van der Waals surface area contributed by atoms with Crippen molar-refractivity contribution in [3.05, 3.63) is 0 Å². The Balaban J connectivity index is 0.00000192. The molecule has 23 heavy (non-hydrogen) atoms. The lowest BCUT2D eigenvalue weighted by molar-refractivity contribution is -0.137. The third-order valence-corrected chi connectivity index (χ3v) is 5.49. The summed E-state index contributed by atoms with van der Waals surface area (Å²) in [4.78, 5) is 28.8. The molecule has 3 saturated heterocycles. The van der Waals surface area contributed by atoms with E-state index in [4.69, 9.17) is 0 Å². The van der Waals surface area contributed by atoms with Crippen molar-refractivity contribution in [1.82, 2.24) is 15.1 Å². The van der Waals surface area contributed by atoms with Gasteiger partial charge in [-0.2, -0.15) is 0 Å². The van der Waals surface area contributed by atoms with Gasteiger partial charge in [0.05, 0.1) is 5.92 Å². The van der Waals surface area contributed by atoms with Gasteiger partial charge in [-0.3, -0.25) is 9.59 Å². The van der Waals surface area contributed by atoms with Gasteiger partial charge in [0, 0.05) is 39.1 Å². The molecule has 1 N–H and O–H groups in total. The Bertz CT molecular complexity index is 399. The Hall–Kier alpha value is -0.810. The highest BCUT2D eigenvalue weighted by molar-refractivity contribution is 5.85. The molecule has 1 unspecified atom stereocenters. The normalized spacial score (nSPS) is 26.0. The number of amides is 2. The van der Waals surface area contributed by atoms with E-state index in [-0.39, 0.29) is 18.3 Å². The number of hydrogen-bond donors (Lipinski definition) is 1. The van der Waals surface area contributed by atoms with E-state index in [2.05, 4.69) is 5.32 Å². The van der Waals surface area contributed by atoms with Crippen LogP contribution in [-0.2, 0) is 9.59 Å². The number of likely N-dealkylation sites (tertiary alicyclic amines) is 2. The quantitative estimate of drug-likeness (QED) is 0.848. The average Bonchev–Trinajstić information content (AvgIpc) is 3.10. The first-order chi connectivity index (χ1) is 10.7. The zero-order valence-electron chi connectivity index (χ0n) is 14.0. The molecule has 0 aromatic rings. The van der Waals surface area contributed by atoms with E-state index >= 15 is 0 Å². The number of rotatable bonds is 3. The van der Waals surface area contributed by atoms with Gasteiger partial charge in [-0.05, 0) is 51.0 Å². The Morgan fingerprint density at radius 3 is 2.22 bits per heavy atom. The van der Waals surface area contributed by atoms with Crippen molar-refractivity contribution < 1.29 is 9.59 Å². The molecule has 6 heteroatoms. The SMILES string of the molecule is Cl.O=C(CC1CCN(C(=O)C2CCCNC2)CC1)N1CCCC1. The molecule has 0 aliphatic carbocycles. The van der Waals surface area contributed by atoms with Crippen LogP contribution in [-0.4, -0.2) is 60.9 Å². The molecular weight excluding hydrogens is 314 g/mol. The second-order valence-electron chi connectivity index (χ2n) is 7.10.